The van der Waals surface area contributed by atoms with E-state index in [9.17, 15) is 16.8 Å². The molecular formula is C15H21N5O4S2. The highest BCUT2D eigenvalue weighted by Gasteiger charge is 2.33. The number of aromatic nitrogens is 3. The molecule has 0 unspecified atom stereocenters. The van der Waals surface area contributed by atoms with E-state index in [-0.39, 0.29) is 36.1 Å². The van der Waals surface area contributed by atoms with Gasteiger partial charge >= 0.3 is 0 Å². The van der Waals surface area contributed by atoms with Crippen molar-refractivity contribution in [1.29, 1.82) is 0 Å². The lowest BCUT2D eigenvalue weighted by Gasteiger charge is -2.21. The maximum atomic E-state index is 12.8. The predicted octanol–water partition coefficient (Wildman–Crippen LogP) is 0.209. The lowest BCUT2D eigenvalue weighted by Crippen LogP contribution is -2.37. The number of pyridine rings is 1. The summed E-state index contributed by atoms with van der Waals surface area (Å²) < 4.78 is 55.3. The van der Waals surface area contributed by atoms with E-state index < -0.39 is 20.0 Å². The maximum Gasteiger partial charge on any atom is 0.262 e. The monoisotopic (exact) mass is 399 g/mol. The predicted molar refractivity (Wildman–Crippen MR) is 94.3 cm³/mol. The zero-order valence-electron chi connectivity index (χ0n) is 14.6. The van der Waals surface area contributed by atoms with Crippen LogP contribution in [-0.2, 0) is 27.1 Å². The second kappa shape index (κ2) is 7.06. The van der Waals surface area contributed by atoms with Gasteiger partial charge in [0, 0.05) is 51.8 Å². The van der Waals surface area contributed by atoms with Crippen LogP contribution < -0.4 is 0 Å². The minimum absolute atomic E-state index is 0.0129. The van der Waals surface area contributed by atoms with Crippen molar-refractivity contribution in [2.75, 3.05) is 26.2 Å². The summed E-state index contributed by atoms with van der Waals surface area (Å²) in [6, 6.07) is 3.04. The lowest BCUT2D eigenvalue weighted by molar-refractivity contribution is 0.403. The summed E-state index contributed by atoms with van der Waals surface area (Å²) in [5.41, 5.74) is 0. The minimum atomic E-state index is -3.75. The topological polar surface area (TPSA) is 105 Å². The molecule has 1 aliphatic heterocycles. The van der Waals surface area contributed by atoms with Gasteiger partial charge in [0.05, 0.1) is 0 Å². The third-order valence-corrected chi connectivity index (χ3v) is 8.03. The Hall–Kier alpha value is -1.82. The van der Waals surface area contributed by atoms with Crippen LogP contribution in [0.5, 0.6) is 0 Å². The van der Waals surface area contributed by atoms with Gasteiger partial charge in [-0.1, -0.05) is 0 Å². The van der Waals surface area contributed by atoms with E-state index >= 15 is 0 Å². The Labute approximate surface area is 153 Å². The standard InChI is InChI=1S/C15H21N5O4S2/c1-13-17-15(12-18(13)2)26(23,24)20-8-4-7-19(9-10-20)25(21,22)14-5-3-6-16-11-14/h3,5-6,11-12H,4,7-10H2,1-2H3. The number of sulfonamides is 2. The molecule has 0 bridgehead atoms. The van der Waals surface area contributed by atoms with E-state index in [2.05, 4.69) is 9.97 Å². The van der Waals surface area contributed by atoms with Crippen LogP contribution in [0, 0.1) is 6.92 Å². The Balaban J connectivity index is 1.80. The summed E-state index contributed by atoms with van der Waals surface area (Å²) in [5, 5.41) is -0.0129. The first kappa shape index (κ1) is 19.0. The zero-order chi connectivity index (χ0) is 18.9. The Bertz CT molecular complexity index is 967. The van der Waals surface area contributed by atoms with Crippen LogP contribution in [0.3, 0.4) is 0 Å². The van der Waals surface area contributed by atoms with Crippen LogP contribution in [0.2, 0.25) is 0 Å². The Morgan fingerprint density at radius 3 is 2.19 bits per heavy atom. The molecule has 1 saturated heterocycles. The van der Waals surface area contributed by atoms with Crippen molar-refractivity contribution < 1.29 is 16.8 Å². The van der Waals surface area contributed by atoms with E-state index in [4.69, 9.17) is 0 Å². The number of nitrogens with zero attached hydrogens (tertiary/aromatic N) is 5. The number of hydrogen-bond acceptors (Lipinski definition) is 6. The molecule has 142 valence electrons. The fourth-order valence-electron chi connectivity index (χ4n) is 2.78. The van der Waals surface area contributed by atoms with Crippen LogP contribution in [0.15, 0.2) is 40.6 Å². The highest BCUT2D eigenvalue weighted by molar-refractivity contribution is 7.89. The summed E-state index contributed by atoms with van der Waals surface area (Å²) in [7, 11) is -5.72. The first-order valence-electron chi connectivity index (χ1n) is 8.13. The molecule has 0 atom stereocenters. The van der Waals surface area contributed by atoms with Gasteiger partial charge in [-0.25, -0.2) is 21.8 Å². The third kappa shape index (κ3) is 3.52. The molecule has 3 heterocycles. The van der Waals surface area contributed by atoms with Crippen molar-refractivity contribution in [2.45, 2.75) is 23.3 Å². The third-order valence-electron chi connectivity index (χ3n) is 4.38. The molecule has 2 aromatic rings. The first-order valence-corrected chi connectivity index (χ1v) is 11.0. The summed E-state index contributed by atoms with van der Waals surface area (Å²) in [5.74, 6) is 0.596. The number of imidazole rings is 1. The largest absolute Gasteiger partial charge is 0.337 e. The molecule has 2 aromatic heterocycles. The fraction of sp³-hybridized carbons (Fsp3) is 0.467. The van der Waals surface area contributed by atoms with Gasteiger partial charge in [0.1, 0.15) is 10.7 Å². The molecule has 11 heteroatoms. The van der Waals surface area contributed by atoms with Crippen LogP contribution in [0.4, 0.5) is 0 Å². The second-order valence-electron chi connectivity index (χ2n) is 6.09. The smallest absolute Gasteiger partial charge is 0.262 e. The van der Waals surface area contributed by atoms with Gasteiger partial charge < -0.3 is 4.57 Å². The van der Waals surface area contributed by atoms with Gasteiger partial charge in [-0.3, -0.25) is 4.98 Å². The first-order chi connectivity index (χ1) is 12.2. The fourth-order valence-corrected chi connectivity index (χ4v) is 5.71. The Kier molecular flexibility index (Phi) is 5.15. The summed E-state index contributed by atoms with van der Waals surface area (Å²) in [6.07, 6.45) is 4.68. The number of hydrogen-bond donors (Lipinski definition) is 0. The van der Waals surface area contributed by atoms with Crippen molar-refractivity contribution in [3.63, 3.8) is 0 Å². The molecule has 26 heavy (non-hydrogen) atoms. The van der Waals surface area contributed by atoms with E-state index in [0.717, 1.165) is 0 Å². The van der Waals surface area contributed by atoms with Crippen molar-refractivity contribution in [3.05, 3.63) is 36.5 Å². The molecule has 1 aliphatic rings. The highest BCUT2D eigenvalue weighted by Crippen LogP contribution is 2.20. The summed E-state index contributed by atoms with van der Waals surface area (Å²) in [4.78, 5) is 8.06. The molecule has 3 rings (SSSR count). The molecular weight excluding hydrogens is 378 g/mol. The number of rotatable bonds is 4. The molecule has 0 aromatic carbocycles. The van der Waals surface area contributed by atoms with Crippen molar-refractivity contribution in [1.82, 2.24) is 23.1 Å². The average Bonchev–Trinajstić information content (AvgIpc) is 2.83. The Morgan fingerprint density at radius 1 is 1.00 bits per heavy atom. The van der Waals surface area contributed by atoms with Crippen LogP contribution in [0.25, 0.3) is 0 Å². The van der Waals surface area contributed by atoms with Crippen molar-refractivity contribution >= 4 is 20.0 Å². The van der Waals surface area contributed by atoms with Gasteiger partial charge in [0.2, 0.25) is 10.0 Å². The van der Waals surface area contributed by atoms with Gasteiger partial charge in [-0.2, -0.15) is 8.61 Å². The van der Waals surface area contributed by atoms with E-state index in [1.165, 1.54) is 33.3 Å². The molecule has 9 nitrogen and oxygen atoms in total. The molecule has 0 amide bonds. The van der Waals surface area contributed by atoms with Crippen LogP contribution >= 0.6 is 0 Å². The highest BCUT2D eigenvalue weighted by atomic mass is 32.2. The minimum Gasteiger partial charge on any atom is -0.337 e. The summed E-state index contributed by atoms with van der Waals surface area (Å²) >= 11 is 0. The molecule has 0 spiro atoms. The van der Waals surface area contributed by atoms with Gasteiger partial charge in [-0.05, 0) is 25.5 Å². The van der Waals surface area contributed by atoms with Crippen LogP contribution in [0.1, 0.15) is 12.2 Å². The normalized spacial score (nSPS) is 17.9. The Morgan fingerprint density at radius 2 is 1.65 bits per heavy atom. The molecule has 0 saturated carbocycles. The average molecular weight is 399 g/mol. The van der Waals surface area contributed by atoms with Crippen molar-refractivity contribution in [2.24, 2.45) is 7.05 Å². The molecule has 0 radical (unpaired) electrons. The SMILES string of the molecule is Cc1nc(S(=O)(=O)N2CCCN(S(=O)(=O)c3cccnc3)CC2)cn1C. The number of aryl methyl sites for hydroxylation is 2. The summed E-state index contributed by atoms with van der Waals surface area (Å²) in [6.45, 7) is 2.39. The van der Waals surface area contributed by atoms with Gasteiger partial charge in [-0.15, -0.1) is 0 Å². The second-order valence-corrected chi connectivity index (χ2v) is 9.91. The van der Waals surface area contributed by atoms with Gasteiger partial charge in [0.15, 0.2) is 5.03 Å². The zero-order valence-corrected chi connectivity index (χ0v) is 16.2. The van der Waals surface area contributed by atoms with Crippen LogP contribution in [-0.4, -0.2) is 66.2 Å². The van der Waals surface area contributed by atoms with E-state index in [0.29, 0.717) is 12.2 Å². The quantitative estimate of drug-likeness (QED) is 0.728. The van der Waals surface area contributed by atoms with Gasteiger partial charge in [0.25, 0.3) is 10.0 Å². The van der Waals surface area contributed by atoms with Crippen molar-refractivity contribution in [3.8, 4) is 0 Å². The van der Waals surface area contributed by atoms with E-state index in [1.54, 1.807) is 24.6 Å². The lowest BCUT2D eigenvalue weighted by atomic mass is 10.4. The molecule has 0 N–H and O–H groups in total. The molecule has 0 aliphatic carbocycles. The van der Waals surface area contributed by atoms with E-state index in [1.807, 2.05) is 0 Å². The molecule has 1 fully saturated rings. The maximum absolute atomic E-state index is 12.8.